The number of aromatic nitrogens is 2. The third-order valence-electron chi connectivity index (χ3n) is 3.42. The Morgan fingerprint density at radius 1 is 1.26 bits per heavy atom. The molecule has 1 N–H and O–H groups in total. The fourth-order valence-electron chi connectivity index (χ4n) is 2.08. The molecule has 0 radical (unpaired) electrons. The van der Waals surface area contributed by atoms with Crippen molar-refractivity contribution in [3.05, 3.63) is 11.9 Å². The maximum atomic E-state index is 5.48. The first-order valence-electron chi connectivity index (χ1n) is 7.41. The summed E-state index contributed by atoms with van der Waals surface area (Å²) in [5.41, 5.74) is 0.995. The van der Waals surface area contributed by atoms with Gasteiger partial charge in [-0.15, -0.1) is 0 Å². The maximum absolute atomic E-state index is 5.48. The van der Waals surface area contributed by atoms with Gasteiger partial charge in [-0.1, -0.05) is 33.1 Å². The van der Waals surface area contributed by atoms with Crippen LogP contribution in [0.5, 0.6) is 5.88 Å². The van der Waals surface area contributed by atoms with E-state index in [1.54, 1.807) is 6.33 Å². The van der Waals surface area contributed by atoms with Crippen LogP contribution in [-0.2, 0) is 0 Å². The van der Waals surface area contributed by atoms with Crippen molar-refractivity contribution in [2.45, 2.75) is 53.4 Å². The van der Waals surface area contributed by atoms with Gasteiger partial charge in [0.2, 0.25) is 5.88 Å². The van der Waals surface area contributed by atoms with Gasteiger partial charge in [-0.3, -0.25) is 0 Å². The molecule has 0 saturated heterocycles. The van der Waals surface area contributed by atoms with Crippen molar-refractivity contribution in [3.63, 3.8) is 0 Å². The van der Waals surface area contributed by atoms with Crippen LogP contribution >= 0.6 is 0 Å². The van der Waals surface area contributed by atoms with Gasteiger partial charge in [0.1, 0.15) is 12.1 Å². The van der Waals surface area contributed by atoms with E-state index in [1.165, 1.54) is 25.7 Å². The Kier molecular flexibility index (Phi) is 7.23. The van der Waals surface area contributed by atoms with Gasteiger partial charge in [-0.25, -0.2) is 9.97 Å². The van der Waals surface area contributed by atoms with E-state index in [1.807, 2.05) is 13.8 Å². The molecule has 1 heterocycles. The summed E-state index contributed by atoms with van der Waals surface area (Å²) in [5, 5.41) is 3.44. The summed E-state index contributed by atoms with van der Waals surface area (Å²) in [4.78, 5) is 8.46. The smallest absolute Gasteiger partial charge is 0.221 e. The molecule has 0 aliphatic carbocycles. The molecule has 0 saturated carbocycles. The summed E-state index contributed by atoms with van der Waals surface area (Å²) in [6.07, 6.45) is 6.61. The van der Waals surface area contributed by atoms with E-state index in [0.29, 0.717) is 18.4 Å². The number of rotatable bonds is 9. The number of nitrogens with one attached hydrogen (secondary N) is 1. The van der Waals surface area contributed by atoms with Gasteiger partial charge < -0.3 is 10.1 Å². The van der Waals surface area contributed by atoms with Gasteiger partial charge in [0, 0.05) is 6.54 Å². The maximum Gasteiger partial charge on any atom is 0.221 e. The first-order chi connectivity index (χ1) is 9.22. The zero-order valence-corrected chi connectivity index (χ0v) is 12.7. The Morgan fingerprint density at radius 3 is 2.68 bits per heavy atom. The van der Waals surface area contributed by atoms with Crippen LogP contribution in [-0.4, -0.2) is 23.1 Å². The fourth-order valence-corrected chi connectivity index (χ4v) is 2.08. The lowest BCUT2D eigenvalue weighted by Crippen LogP contribution is -2.15. The largest absolute Gasteiger partial charge is 0.478 e. The van der Waals surface area contributed by atoms with Crippen LogP contribution in [0.3, 0.4) is 0 Å². The average Bonchev–Trinajstić information content (AvgIpc) is 2.43. The summed E-state index contributed by atoms with van der Waals surface area (Å²) >= 11 is 0. The van der Waals surface area contributed by atoms with Gasteiger partial charge in [0.25, 0.3) is 0 Å². The second-order valence-electron chi connectivity index (χ2n) is 4.88. The average molecular weight is 265 g/mol. The summed E-state index contributed by atoms with van der Waals surface area (Å²) in [5.74, 6) is 2.29. The van der Waals surface area contributed by atoms with Crippen LogP contribution in [0.1, 0.15) is 52.0 Å². The quantitative estimate of drug-likeness (QED) is 0.737. The molecule has 1 rings (SSSR count). The standard InChI is InChI=1S/C15H27N3O/c1-5-8-9-13(6-2)10-16-14-12(4)15(19-7-3)18-11-17-14/h11,13H,5-10H2,1-4H3,(H,16,17,18). The van der Waals surface area contributed by atoms with Crippen molar-refractivity contribution in [3.8, 4) is 5.88 Å². The molecule has 0 aliphatic heterocycles. The first-order valence-corrected chi connectivity index (χ1v) is 7.41. The van der Waals surface area contributed by atoms with E-state index >= 15 is 0 Å². The Morgan fingerprint density at radius 2 is 2.05 bits per heavy atom. The van der Waals surface area contributed by atoms with E-state index in [4.69, 9.17) is 4.74 Å². The Balaban J connectivity index is 2.58. The lowest BCUT2D eigenvalue weighted by atomic mass is 9.99. The van der Waals surface area contributed by atoms with Gasteiger partial charge in [0.15, 0.2) is 0 Å². The predicted molar refractivity (Wildman–Crippen MR) is 79.7 cm³/mol. The molecular weight excluding hydrogens is 238 g/mol. The highest BCUT2D eigenvalue weighted by atomic mass is 16.5. The van der Waals surface area contributed by atoms with Crippen LogP contribution in [0.15, 0.2) is 6.33 Å². The Hall–Kier alpha value is -1.32. The molecule has 1 aromatic heterocycles. The SMILES string of the molecule is CCCCC(CC)CNc1ncnc(OCC)c1C. The van der Waals surface area contributed by atoms with Gasteiger partial charge in [0.05, 0.1) is 12.2 Å². The predicted octanol–water partition coefficient (Wildman–Crippen LogP) is 3.81. The van der Waals surface area contributed by atoms with Crippen LogP contribution in [0.2, 0.25) is 0 Å². The molecule has 19 heavy (non-hydrogen) atoms. The molecule has 0 aromatic carbocycles. The van der Waals surface area contributed by atoms with E-state index in [9.17, 15) is 0 Å². The number of hydrogen-bond acceptors (Lipinski definition) is 4. The topological polar surface area (TPSA) is 47.0 Å². The van der Waals surface area contributed by atoms with Crippen molar-refractivity contribution in [2.24, 2.45) is 5.92 Å². The summed E-state index contributed by atoms with van der Waals surface area (Å²) in [6, 6.07) is 0. The molecule has 1 aromatic rings. The number of nitrogens with zero attached hydrogens (tertiary/aromatic N) is 2. The molecule has 1 unspecified atom stereocenters. The molecule has 0 fully saturated rings. The van der Waals surface area contributed by atoms with Gasteiger partial charge in [-0.05, 0) is 26.2 Å². The lowest BCUT2D eigenvalue weighted by molar-refractivity contribution is 0.323. The van der Waals surface area contributed by atoms with Crippen molar-refractivity contribution < 1.29 is 4.74 Å². The second-order valence-corrected chi connectivity index (χ2v) is 4.88. The number of hydrogen-bond donors (Lipinski definition) is 1. The molecule has 0 bridgehead atoms. The molecule has 1 atom stereocenters. The minimum absolute atomic E-state index is 0.630. The highest BCUT2D eigenvalue weighted by Gasteiger charge is 2.10. The normalized spacial score (nSPS) is 12.2. The minimum atomic E-state index is 0.630. The minimum Gasteiger partial charge on any atom is -0.478 e. The van der Waals surface area contributed by atoms with Crippen LogP contribution < -0.4 is 10.1 Å². The van der Waals surface area contributed by atoms with E-state index in [-0.39, 0.29) is 0 Å². The third kappa shape index (κ3) is 5.05. The van der Waals surface area contributed by atoms with Crippen LogP contribution in [0.25, 0.3) is 0 Å². The van der Waals surface area contributed by atoms with Crippen molar-refractivity contribution in [1.82, 2.24) is 9.97 Å². The lowest BCUT2D eigenvalue weighted by Gasteiger charge is -2.17. The fraction of sp³-hybridized carbons (Fsp3) is 0.733. The zero-order valence-electron chi connectivity index (χ0n) is 12.7. The van der Waals surface area contributed by atoms with Crippen LogP contribution in [0, 0.1) is 12.8 Å². The number of anilines is 1. The third-order valence-corrected chi connectivity index (χ3v) is 3.42. The van der Waals surface area contributed by atoms with Gasteiger partial charge >= 0.3 is 0 Å². The molecule has 0 spiro atoms. The van der Waals surface area contributed by atoms with E-state index < -0.39 is 0 Å². The summed E-state index contributed by atoms with van der Waals surface area (Å²) < 4.78 is 5.48. The molecule has 4 heteroatoms. The summed E-state index contributed by atoms with van der Waals surface area (Å²) in [7, 11) is 0. The van der Waals surface area contributed by atoms with Gasteiger partial charge in [-0.2, -0.15) is 0 Å². The number of unbranched alkanes of at least 4 members (excludes halogenated alkanes) is 1. The molecule has 0 aliphatic rings. The van der Waals surface area contributed by atoms with Crippen molar-refractivity contribution in [2.75, 3.05) is 18.5 Å². The summed E-state index contributed by atoms with van der Waals surface area (Å²) in [6.45, 7) is 10.1. The highest BCUT2D eigenvalue weighted by Crippen LogP contribution is 2.21. The Bertz CT molecular complexity index is 368. The molecule has 108 valence electrons. The van der Waals surface area contributed by atoms with E-state index in [2.05, 4.69) is 29.1 Å². The Labute approximate surface area is 117 Å². The first kappa shape index (κ1) is 15.7. The van der Waals surface area contributed by atoms with E-state index in [0.717, 1.165) is 17.9 Å². The van der Waals surface area contributed by atoms with Crippen LogP contribution in [0.4, 0.5) is 5.82 Å². The van der Waals surface area contributed by atoms with Crippen molar-refractivity contribution >= 4 is 5.82 Å². The van der Waals surface area contributed by atoms with Crippen molar-refractivity contribution in [1.29, 1.82) is 0 Å². The zero-order chi connectivity index (χ0) is 14.1. The number of ether oxygens (including phenoxy) is 1. The molecule has 4 nitrogen and oxygen atoms in total. The second kappa shape index (κ2) is 8.73. The highest BCUT2D eigenvalue weighted by molar-refractivity contribution is 5.47. The molecule has 0 amide bonds. The molecular formula is C15H27N3O. The monoisotopic (exact) mass is 265 g/mol.